The Morgan fingerprint density at radius 2 is 1.63 bits per heavy atom. The molecule has 0 aliphatic heterocycles. The molecule has 0 aliphatic carbocycles. The lowest BCUT2D eigenvalue weighted by Crippen LogP contribution is -2.33. The molecule has 5 heteroatoms. The van der Waals surface area contributed by atoms with Gasteiger partial charge in [0, 0.05) is 30.4 Å². The van der Waals surface area contributed by atoms with Crippen LogP contribution >= 0.6 is 0 Å². The number of carbonyl (C=O) groups excluding carboxylic acids is 1. The fourth-order valence-electron chi connectivity index (χ4n) is 1.58. The van der Waals surface area contributed by atoms with E-state index in [1.165, 1.54) is 7.11 Å². The number of hydrogen-bond donors (Lipinski definition) is 1. The molecule has 1 N–H and O–H groups in total. The summed E-state index contributed by atoms with van der Waals surface area (Å²) in [5.74, 6) is 1.13. The summed E-state index contributed by atoms with van der Waals surface area (Å²) in [5.41, 5.74) is 0.221. The van der Waals surface area contributed by atoms with Crippen LogP contribution < -0.4 is 14.8 Å². The van der Waals surface area contributed by atoms with Crippen molar-refractivity contribution in [2.24, 2.45) is 5.41 Å². The highest BCUT2D eigenvalue weighted by molar-refractivity contribution is 5.76. The molecule has 0 atom stereocenters. The van der Waals surface area contributed by atoms with E-state index in [4.69, 9.17) is 14.2 Å². The van der Waals surface area contributed by atoms with Crippen molar-refractivity contribution in [3.8, 4) is 11.5 Å². The van der Waals surface area contributed by atoms with Crippen molar-refractivity contribution in [1.82, 2.24) is 0 Å². The third kappa shape index (κ3) is 4.05. The Balaban J connectivity index is 2.80. The van der Waals surface area contributed by atoms with E-state index in [0.717, 1.165) is 5.69 Å². The molecule has 1 aromatic carbocycles. The highest BCUT2D eigenvalue weighted by Crippen LogP contribution is 2.27. The zero-order chi connectivity index (χ0) is 14.5. The lowest BCUT2D eigenvalue weighted by Gasteiger charge is -2.22. The Morgan fingerprint density at radius 1 is 1.11 bits per heavy atom. The van der Waals surface area contributed by atoms with E-state index in [1.807, 2.05) is 26.0 Å². The summed E-state index contributed by atoms with van der Waals surface area (Å²) in [5, 5.41) is 3.19. The van der Waals surface area contributed by atoms with E-state index in [1.54, 1.807) is 20.3 Å². The summed E-state index contributed by atoms with van der Waals surface area (Å²) >= 11 is 0. The Labute approximate surface area is 113 Å². The van der Waals surface area contributed by atoms with E-state index in [9.17, 15) is 4.79 Å². The summed E-state index contributed by atoms with van der Waals surface area (Å²) in [6, 6.07) is 5.47. The fourth-order valence-corrected chi connectivity index (χ4v) is 1.58. The van der Waals surface area contributed by atoms with Crippen LogP contribution in [-0.4, -0.2) is 33.8 Å². The molecule has 0 amide bonds. The maximum absolute atomic E-state index is 11.6. The van der Waals surface area contributed by atoms with E-state index in [-0.39, 0.29) is 5.97 Å². The Morgan fingerprint density at radius 3 is 2.05 bits per heavy atom. The van der Waals surface area contributed by atoms with Gasteiger partial charge < -0.3 is 19.5 Å². The van der Waals surface area contributed by atoms with E-state index >= 15 is 0 Å². The molecule has 106 valence electrons. The van der Waals surface area contributed by atoms with Crippen molar-refractivity contribution < 1.29 is 19.0 Å². The van der Waals surface area contributed by atoms with Gasteiger partial charge in [-0.05, 0) is 13.8 Å². The largest absolute Gasteiger partial charge is 0.497 e. The van der Waals surface area contributed by atoms with Gasteiger partial charge in [-0.25, -0.2) is 0 Å². The molecule has 1 rings (SSSR count). The van der Waals surface area contributed by atoms with Gasteiger partial charge in [0.25, 0.3) is 0 Å². The Kier molecular flexibility index (Phi) is 5.03. The van der Waals surface area contributed by atoms with Crippen molar-refractivity contribution in [2.75, 3.05) is 33.2 Å². The van der Waals surface area contributed by atoms with Crippen molar-refractivity contribution in [3.63, 3.8) is 0 Å². The summed E-state index contributed by atoms with van der Waals surface area (Å²) in [6.07, 6.45) is 0. The molecule has 0 saturated heterocycles. The zero-order valence-corrected chi connectivity index (χ0v) is 12.1. The maximum atomic E-state index is 11.6. The van der Waals surface area contributed by atoms with Crippen molar-refractivity contribution in [1.29, 1.82) is 0 Å². The lowest BCUT2D eigenvalue weighted by atomic mass is 9.93. The molecule has 0 radical (unpaired) electrons. The van der Waals surface area contributed by atoms with Crippen LogP contribution in [-0.2, 0) is 9.53 Å². The summed E-state index contributed by atoms with van der Waals surface area (Å²) in [4.78, 5) is 11.6. The molecule has 0 unspecified atom stereocenters. The van der Waals surface area contributed by atoms with Crippen molar-refractivity contribution in [2.45, 2.75) is 13.8 Å². The van der Waals surface area contributed by atoms with Gasteiger partial charge >= 0.3 is 5.97 Å². The maximum Gasteiger partial charge on any atom is 0.313 e. The minimum atomic E-state index is -0.606. The van der Waals surface area contributed by atoms with E-state index in [0.29, 0.717) is 18.0 Å². The van der Waals surface area contributed by atoms with Crippen molar-refractivity contribution in [3.05, 3.63) is 18.2 Å². The van der Waals surface area contributed by atoms with Crippen LogP contribution in [0.1, 0.15) is 13.8 Å². The first kappa shape index (κ1) is 15.1. The van der Waals surface area contributed by atoms with Crippen LogP contribution in [0.4, 0.5) is 5.69 Å². The average molecular weight is 267 g/mol. The van der Waals surface area contributed by atoms with Gasteiger partial charge in [0.15, 0.2) is 0 Å². The van der Waals surface area contributed by atoms with Gasteiger partial charge in [-0.3, -0.25) is 4.79 Å². The van der Waals surface area contributed by atoms with Crippen molar-refractivity contribution >= 4 is 11.7 Å². The highest BCUT2D eigenvalue weighted by Gasteiger charge is 2.28. The van der Waals surface area contributed by atoms with Crippen LogP contribution in [0.5, 0.6) is 11.5 Å². The zero-order valence-electron chi connectivity index (χ0n) is 12.1. The minimum absolute atomic E-state index is 0.255. The number of esters is 1. The predicted octanol–water partition coefficient (Wildman–Crippen LogP) is 2.31. The number of carbonyl (C=O) groups is 1. The van der Waals surface area contributed by atoms with Crippen LogP contribution in [0.3, 0.4) is 0 Å². The molecule has 5 nitrogen and oxygen atoms in total. The van der Waals surface area contributed by atoms with Gasteiger partial charge in [0.2, 0.25) is 0 Å². The molecule has 0 heterocycles. The summed E-state index contributed by atoms with van der Waals surface area (Å²) < 4.78 is 15.1. The quantitative estimate of drug-likeness (QED) is 0.802. The van der Waals surface area contributed by atoms with Gasteiger partial charge in [0.05, 0.1) is 26.7 Å². The predicted molar refractivity (Wildman–Crippen MR) is 73.8 cm³/mol. The van der Waals surface area contributed by atoms with E-state index < -0.39 is 5.41 Å². The van der Waals surface area contributed by atoms with Crippen LogP contribution in [0.25, 0.3) is 0 Å². The third-order valence-corrected chi connectivity index (χ3v) is 2.82. The molecular weight excluding hydrogens is 246 g/mol. The van der Waals surface area contributed by atoms with Gasteiger partial charge in [-0.1, -0.05) is 0 Å². The molecule has 0 saturated carbocycles. The molecule has 0 fully saturated rings. The lowest BCUT2D eigenvalue weighted by molar-refractivity contribution is -0.149. The first-order chi connectivity index (χ1) is 8.92. The standard InChI is InChI=1S/C14H21NO4/c1-14(2,13(16)19-5)9-15-10-6-11(17-3)8-12(7-10)18-4/h6-8,15H,9H2,1-5H3. The first-order valence-corrected chi connectivity index (χ1v) is 5.98. The second-order valence-corrected chi connectivity index (χ2v) is 4.83. The third-order valence-electron chi connectivity index (χ3n) is 2.82. The van der Waals surface area contributed by atoms with Gasteiger partial charge in [-0.15, -0.1) is 0 Å². The minimum Gasteiger partial charge on any atom is -0.497 e. The van der Waals surface area contributed by atoms with Crippen LogP contribution in [0.2, 0.25) is 0 Å². The van der Waals surface area contributed by atoms with Crippen LogP contribution in [0.15, 0.2) is 18.2 Å². The normalized spacial score (nSPS) is 10.8. The molecule has 0 aliphatic rings. The number of ether oxygens (including phenoxy) is 3. The monoisotopic (exact) mass is 267 g/mol. The van der Waals surface area contributed by atoms with E-state index in [2.05, 4.69) is 5.32 Å². The molecule has 1 aromatic rings. The molecule has 0 aromatic heterocycles. The van der Waals surface area contributed by atoms with Gasteiger partial charge in [-0.2, -0.15) is 0 Å². The molecule has 19 heavy (non-hydrogen) atoms. The second kappa shape index (κ2) is 6.31. The number of rotatable bonds is 6. The molecule has 0 spiro atoms. The number of hydrogen-bond acceptors (Lipinski definition) is 5. The molecule has 0 bridgehead atoms. The first-order valence-electron chi connectivity index (χ1n) is 5.98. The fraction of sp³-hybridized carbons (Fsp3) is 0.500. The average Bonchev–Trinajstić information content (AvgIpc) is 2.43. The number of methoxy groups -OCH3 is 3. The SMILES string of the molecule is COC(=O)C(C)(C)CNc1cc(OC)cc(OC)c1. The second-order valence-electron chi connectivity index (χ2n) is 4.83. The smallest absolute Gasteiger partial charge is 0.313 e. The number of nitrogens with one attached hydrogen (secondary N) is 1. The summed E-state index contributed by atoms with van der Waals surface area (Å²) in [7, 11) is 4.58. The summed E-state index contributed by atoms with van der Waals surface area (Å²) in [6.45, 7) is 4.10. The van der Waals surface area contributed by atoms with Crippen LogP contribution in [0, 0.1) is 5.41 Å². The Hall–Kier alpha value is -1.91. The topological polar surface area (TPSA) is 56.8 Å². The number of benzene rings is 1. The molecular formula is C14H21NO4. The highest BCUT2D eigenvalue weighted by atomic mass is 16.5. The number of anilines is 1. The Bertz CT molecular complexity index is 421. The van der Waals surface area contributed by atoms with Gasteiger partial charge in [0.1, 0.15) is 11.5 Å².